The minimum Gasteiger partial charge on any atom is -0.456 e. The van der Waals surface area contributed by atoms with Gasteiger partial charge in [-0.1, -0.05) is 43.2 Å². The van der Waals surface area contributed by atoms with Crippen molar-refractivity contribution in [2.75, 3.05) is 13.2 Å². The highest BCUT2D eigenvalue weighted by molar-refractivity contribution is 6.05. The van der Waals surface area contributed by atoms with E-state index >= 15 is 0 Å². The molecular formula is C20H24N2O5. The van der Waals surface area contributed by atoms with E-state index < -0.39 is 11.9 Å². The number of ether oxygens (including phenoxy) is 1. The smallest absolute Gasteiger partial charge is 0.308 e. The van der Waals surface area contributed by atoms with Gasteiger partial charge in [0, 0.05) is 13.1 Å². The number of likely N-dealkylation sites (tertiary alicyclic amines) is 1. The first kappa shape index (κ1) is 19.1. The third-order valence-corrected chi connectivity index (χ3v) is 5.17. The van der Waals surface area contributed by atoms with Crippen molar-refractivity contribution >= 4 is 23.7 Å². The van der Waals surface area contributed by atoms with Crippen molar-refractivity contribution in [1.29, 1.82) is 0 Å². The zero-order chi connectivity index (χ0) is 19.2. The lowest BCUT2D eigenvalue weighted by molar-refractivity contribution is -0.150. The molecule has 7 heteroatoms. The second kappa shape index (κ2) is 8.79. The van der Waals surface area contributed by atoms with Gasteiger partial charge in [0.2, 0.25) is 11.8 Å². The van der Waals surface area contributed by atoms with Crippen LogP contribution in [0.5, 0.6) is 0 Å². The number of nitrogens with one attached hydrogen (secondary N) is 1. The number of carbonyl (C=O) groups is 4. The van der Waals surface area contributed by atoms with Crippen LogP contribution in [0.4, 0.5) is 0 Å². The van der Waals surface area contributed by atoms with Crippen LogP contribution in [0.1, 0.15) is 37.7 Å². The summed E-state index contributed by atoms with van der Waals surface area (Å²) in [5.41, 5.74) is 0.949. The fourth-order valence-corrected chi connectivity index (χ4v) is 3.72. The van der Waals surface area contributed by atoms with Gasteiger partial charge in [0.05, 0.1) is 18.3 Å². The van der Waals surface area contributed by atoms with Crippen molar-refractivity contribution in [3.63, 3.8) is 0 Å². The van der Waals surface area contributed by atoms with Crippen LogP contribution in [0.2, 0.25) is 0 Å². The highest BCUT2D eigenvalue weighted by Gasteiger charge is 2.47. The monoisotopic (exact) mass is 372 g/mol. The number of imide groups is 1. The summed E-state index contributed by atoms with van der Waals surface area (Å²) in [6.07, 6.45) is 3.33. The largest absolute Gasteiger partial charge is 0.456 e. The van der Waals surface area contributed by atoms with E-state index in [1.165, 1.54) is 4.90 Å². The predicted molar refractivity (Wildman–Crippen MR) is 96.0 cm³/mol. The third kappa shape index (κ3) is 4.72. The zero-order valence-corrected chi connectivity index (χ0v) is 15.2. The van der Waals surface area contributed by atoms with Gasteiger partial charge in [-0.3, -0.25) is 24.1 Å². The van der Waals surface area contributed by atoms with Crippen molar-refractivity contribution in [3.05, 3.63) is 35.9 Å². The Hall–Kier alpha value is -2.70. The first-order valence-electron chi connectivity index (χ1n) is 9.37. The molecule has 2 aliphatic rings. The Bertz CT molecular complexity index is 694. The summed E-state index contributed by atoms with van der Waals surface area (Å²) in [6.45, 7) is 0.00469. The van der Waals surface area contributed by atoms with E-state index in [9.17, 15) is 19.2 Å². The van der Waals surface area contributed by atoms with Crippen LogP contribution in [-0.2, 0) is 30.5 Å². The Kier molecular flexibility index (Phi) is 6.21. The molecule has 7 nitrogen and oxygen atoms in total. The average Bonchev–Trinajstić information content (AvgIpc) is 2.94. The number of nitrogens with zero attached hydrogens (tertiary/aromatic N) is 1. The second-order valence-electron chi connectivity index (χ2n) is 7.00. The fraction of sp³-hybridized carbons (Fsp3) is 0.500. The van der Waals surface area contributed by atoms with Gasteiger partial charge in [-0.05, 0) is 18.4 Å². The van der Waals surface area contributed by atoms with Crippen LogP contribution >= 0.6 is 0 Å². The second-order valence-corrected chi connectivity index (χ2v) is 7.00. The number of fused-ring (bicyclic) bond motifs is 1. The molecule has 0 bridgehead atoms. The SMILES string of the molecule is O=C(COC(=O)CCN1C(=O)[C@H]2CCCC[C@@H]2C1=O)NCc1ccccc1. The Labute approximate surface area is 158 Å². The van der Waals surface area contributed by atoms with Crippen molar-refractivity contribution < 1.29 is 23.9 Å². The van der Waals surface area contributed by atoms with Gasteiger partial charge in [0.25, 0.3) is 5.91 Å². The number of rotatable bonds is 7. The molecule has 0 radical (unpaired) electrons. The van der Waals surface area contributed by atoms with Gasteiger partial charge in [0.15, 0.2) is 6.61 Å². The molecule has 2 atom stereocenters. The Balaban J connectivity index is 1.37. The first-order chi connectivity index (χ1) is 13.1. The molecule has 0 spiro atoms. The molecule has 1 aromatic carbocycles. The number of hydrogen-bond acceptors (Lipinski definition) is 5. The molecule has 1 N–H and O–H groups in total. The normalized spacial score (nSPS) is 21.7. The summed E-state index contributed by atoms with van der Waals surface area (Å²) in [5.74, 6) is -1.76. The van der Waals surface area contributed by atoms with Gasteiger partial charge >= 0.3 is 5.97 Å². The summed E-state index contributed by atoms with van der Waals surface area (Å²) < 4.78 is 4.94. The van der Waals surface area contributed by atoms with E-state index in [1.54, 1.807) is 0 Å². The predicted octanol–water partition coefficient (Wildman–Crippen LogP) is 1.41. The standard InChI is InChI=1S/C20H24N2O5/c23-17(21-12-14-6-2-1-3-7-14)13-27-18(24)10-11-22-19(25)15-8-4-5-9-16(15)20(22)26/h1-3,6-7,15-16H,4-5,8-13H2,(H,21,23)/t15-,16-/m0/s1. The molecule has 1 aliphatic carbocycles. The van der Waals surface area contributed by atoms with Crippen LogP contribution < -0.4 is 5.32 Å². The molecule has 1 heterocycles. The molecule has 3 amide bonds. The summed E-state index contributed by atoms with van der Waals surface area (Å²) in [6, 6.07) is 9.40. The maximum atomic E-state index is 12.3. The lowest BCUT2D eigenvalue weighted by atomic mass is 9.81. The summed E-state index contributed by atoms with van der Waals surface area (Å²) in [7, 11) is 0. The molecule has 3 rings (SSSR count). The zero-order valence-electron chi connectivity index (χ0n) is 15.2. The van der Waals surface area contributed by atoms with Gasteiger partial charge in [-0.2, -0.15) is 0 Å². The van der Waals surface area contributed by atoms with Crippen molar-refractivity contribution in [3.8, 4) is 0 Å². The van der Waals surface area contributed by atoms with Crippen LogP contribution in [-0.4, -0.2) is 41.7 Å². The fourth-order valence-electron chi connectivity index (χ4n) is 3.72. The van der Waals surface area contributed by atoms with Crippen molar-refractivity contribution in [2.45, 2.75) is 38.6 Å². The average molecular weight is 372 g/mol. The molecule has 1 saturated carbocycles. The Morgan fingerprint density at radius 3 is 2.30 bits per heavy atom. The van der Waals surface area contributed by atoms with E-state index in [0.29, 0.717) is 6.54 Å². The molecule has 1 aliphatic heterocycles. The van der Waals surface area contributed by atoms with Crippen LogP contribution in [0.3, 0.4) is 0 Å². The Morgan fingerprint density at radius 2 is 1.67 bits per heavy atom. The molecule has 27 heavy (non-hydrogen) atoms. The van der Waals surface area contributed by atoms with E-state index in [4.69, 9.17) is 4.74 Å². The molecule has 0 unspecified atom stereocenters. The van der Waals surface area contributed by atoms with Crippen LogP contribution in [0.15, 0.2) is 30.3 Å². The lowest BCUT2D eigenvalue weighted by Crippen LogP contribution is -2.34. The summed E-state index contributed by atoms with van der Waals surface area (Å²) in [5, 5.41) is 2.66. The molecule has 1 aromatic rings. The molecular weight excluding hydrogens is 348 g/mol. The number of carbonyl (C=O) groups excluding carboxylic acids is 4. The number of esters is 1. The van der Waals surface area contributed by atoms with E-state index in [-0.39, 0.29) is 43.2 Å². The van der Waals surface area contributed by atoms with Crippen LogP contribution in [0.25, 0.3) is 0 Å². The van der Waals surface area contributed by atoms with E-state index in [1.807, 2.05) is 30.3 Å². The summed E-state index contributed by atoms with van der Waals surface area (Å²) in [4.78, 5) is 49.5. The van der Waals surface area contributed by atoms with E-state index in [0.717, 1.165) is 31.2 Å². The number of hydrogen-bond donors (Lipinski definition) is 1. The topological polar surface area (TPSA) is 92.8 Å². The van der Waals surface area contributed by atoms with Crippen LogP contribution in [0, 0.1) is 11.8 Å². The highest BCUT2D eigenvalue weighted by atomic mass is 16.5. The van der Waals surface area contributed by atoms with Gasteiger partial charge in [-0.15, -0.1) is 0 Å². The number of benzene rings is 1. The quantitative estimate of drug-likeness (QED) is 0.577. The third-order valence-electron chi connectivity index (χ3n) is 5.17. The lowest BCUT2D eigenvalue weighted by Gasteiger charge is -2.19. The maximum Gasteiger partial charge on any atom is 0.308 e. The van der Waals surface area contributed by atoms with Gasteiger partial charge < -0.3 is 10.1 Å². The molecule has 1 saturated heterocycles. The summed E-state index contributed by atoms with van der Waals surface area (Å²) >= 11 is 0. The first-order valence-corrected chi connectivity index (χ1v) is 9.37. The molecule has 2 fully saturated rings. The van der Waals surface area contributed by atoms with Crippen molar-refractivity contribution in [2.24, 2.45) is 11.8 Å². The Morgan fingerprint density at radius 1 is 1.04 bits per heavy atom. The van der Waals surface area contributed by atoms with Gasteiger partial charge in [-0.25, -0.2) is 0 Å². The highest BCUT2D eigenvalue weighted by Crippen LogP contribution is 2.37. The minimum absolute atomic E-state index is 0.0230. The van der Waals surface area contributed by atoms with E-state index in [2.05, 4.69) is 5.32 Å². The molecule has 0 aromatic heterocycles. The van der Waals surface area contributed by atoms with Gasteiger partial charge in [0.1, 0.15) is 0 Å². The minimum atomic E-state index is -0.597. The molecule has 144 valence electrons. The van der Waals surface area contributed by atoms with Crippen molar-refractivity contribution in [1.82, 2.24) is 10.2 Å². The number of amides is 3. The maximum absolute atomic E-state index is 12.3.